The molecule has 0 aliphatic heterocycles. The molecule has 154 valence electrons. The zero-order valence-corrected chi connectivity index (χ0v) is 16.9. The number of esters is 1. The standard InChI is InChI=1S/C22H25FN2O4/c1-13(2)20(25-21(27)16-7-5-6-8-17(16)23)22(28)29-12-19(26)24-18-11-14(3)9-10-15(18)4/h5-11,13,20H,12H2,1-4H3,(H,24,26)(H,25,27)/t20-/m0/s1. The van der Waals surface area contributed by atoms with E-state index < -0.39 is 36.2 Å². The Morgan fingerprint density at radius 2 is 1.76 bits per heavy atom. The first-order valence-electron chi connectivity index (χ1n) is 9.28. The predicted octanol–water partition coefficient (Wildman–Crippen LogP) is 3.38. The molecule has 2 aromatic carbocycles. The highest BCUT2D eigenvalue weighted by atomic mass is 19.1. The van der Waals surface area contributed by atoms with Crippen molar-refractivity contribution >= 4 is 23.5 Å². The summed E-state index contributed by atoms with van der Waals surface area (Å²) in [5.41, 5.74) is 2.34. The first kappa shape index (κ1) is 22.1. The maximum Gasteiger partial charge on any atom is 0.329 e. The predicted molar refractivity (Wildman–Crippen MR) is 108 cm³/mol. The van der Waals surface area contributed by atoms with Gasteiger partial charge in [0.05, 0.1) is 5.56 Å². The Kier molecular flexibility index (Phi) is 7.47. The molecule has 0 spiro atoms. The second-order valence-electron chi connectivity index (χ2n) is 7.15. The van der Waals surface area contributed by atoms with E-state index in [9.17, 15) is 18.8 Å². The number of hydrogen-bond donors (Lipinski definition) is 2. The summed E-state index contributed by atoms with van der Waals surface area (Å²) in [4.78, 5) is 36.8. The van der Waals surface area contributed by atoms with Gasteiger partial charge in [-0.2, -0.15) is 0 Å². The largest absolute Gasteiger partial charge is 0.454 e. The SMILES string of the molecule is Cc1ccc(C)c(NC(=O)COC(=O)[C@@H](NC(=O)c2ccccc2F)C(C)C)c1. The monoisotopic (exact) mass is 400 g/mol. The fraction of sp³-hybridized carbons (Fsp3) is 0.318. The van der Waals surface area contributed by atoms with Gasteiger partial charge in [0.1, 0.15) is 11.9 Å². The second kappa shape index (κ2) is 9.82. The van der Waals surface area contributed by atoms with Crippen molar-refractivity contribution in [3.63, 3.8) is 0 Å². The zero-order chi connectivity index (χ0) is 21.6. The second-order valence-corrected chi connectivity index (χ2v) is 7.15. The lowest BCUT2D eigenvalue weighted by Gasteiger charge is -2.21. The lowest BCUT2D eigenvalue weighted by atomic mass is 10.0. The minimum absolute atomic E-state index is 0.168. The molecule has 2 N–H and O–H groups in total. The van der Waals surface area contributed by atoms with Crippen molar-refractivity contribution in [3.8, 4) is 0 Å². The summed E-state index contributed by atoms with van der Waals surface area (Å²) in [6.07, 6.45) is 0. The maximum absolute atomic E-state index is 13.8. The Bertz CT molecular complexity index is 911. The zero-order valence-electron chi connectivity index (χ0n) is 16.9. The number of anilines is 1. The third kappa shape index (κ3) is 6.14. The summed E-state index contributed by atoms with van der Waals surface area (Å²) in [7, 11) is 0. The molecule has 0 aliphatic rings. The maximum atomic E-state index is 13.8. The fourth-order valence-corrected chi connectivity index (χ4v) is 2.65. The van der Waals surface area contributed by atoms with E-state index in [0.29, 0.717) is 5.69 Å². The van der Waals surface area contributed by atoms with E-state index in [2.05, 4.69) is 10.6 Å². The summed E-state index contributed by atoms with van der Waals surface area (Å²) in [5, 5.41) is 5.17. The molecule has 2 amide bonds. The van der Waals surface area contributed by atoms with Crippen molar-refractivity contribution in [2.24, 2.45) is 5.92 Å². The number of amides is 2. The van der Waals surface area contributed by atoms with Crippen LogP contribution in [-0.2, 0) is 14.3 Å². The van der Waals surface area contributed by atoms with Crippen LogP contribution in [0.15, 0.2) is 42.5 Å². The number of carbonyl (C=O) groups is 3. The molecule has 7 heteroatoms. The van der Waals surface area contributed by atoms with E-state index >= 15 is 0 Å². The quantitative estimate of drug-likeness (QED) is 0.698. The number of carbonyl (C=O) groups excluding carboxylic acids is 3. The molecule has 29 heavy (non-hydrogen) atoms. The molecule has 0 bridgehead atoms. The Hall–Kier alpha value is -3.22. The van der Waals surface area contributed by atoms with Crippen molar-refractivity contribution in [2.45, 2.75) is 33.7 Å². The third-order valence-electron chi connectivity index (χ3n) is 4.34. The summed E-state index contributed by atoms with van der Waals surface area (Å²) < 4.78 is 18.9. The van der Waals surface area contributed by atoms with Crippen LogP contribution < -0.4 is 10.6 Å². The van der Waals surface area contributed by atoms with Gasteiger partial charge in [-0.15, -0.1) is 0 Å². The smallest absolute Gasteiger partial charge is 0.329 e. The van der Waals surface area contributed by atoms with Crippen molar-refractivity contribution in [2.75, 3.05) is 11.9 Å². The number of rotatable bonds is 7. The Morgan fingerprint density at radius 1 is 1.07 bits per heavy atom. The first-order valence-corrected chi connectivity index (χ1v) is 9.28. The number of hydrogen-bond acceptors (Lipinski definition) is 4. The molecular weight excluding hydrogens is 375 g/mol. The molecule has 2 rings (SSSR count). The van der Waals surface area contributed by atoms with Gasteiger partial charge in [0, 0.05) is 5.69 Å². The van der Waals surface area contributed by atoms with Crippen molar-refractivity contribution in [1.82, 2.24) is 5.32 Å². The van der Waals surface area contributed by atoms with Gasteiger partial charge < -0.3 is 15.4 Å². The van der Waals surface area contributed by atoms with Gasteiger partial charge in [0.25, 0.3) is 11.8 Å². The van der Waals surface area contributed by atoms with Crippen LogP contribution in [0.25, 0.3) is 0 Å². The number of nitrogens with one attached hydrogen (secondary N) is 2. The Morgan fingerprint density at radius 3 is 2.41 bits per heavy atom. The van der Waals surface area contributed by atoms with Crippen molar-refractivity contribution in [3.05, 3.63) is 65.0 Å². The Balaban J connectivity index is 1.97. The van der Waals surface area contributed by atoms with Crippen LogP contribution in [0.4, 0.5) is 10.1 Å². The highest BCUT2D eigenvalue weighted by Gasteiger charge is 2.27. The van der Waals surface area contributed by atoms with Crippen LogP contribution in [0.2, 0.25) is 0 Å². The fourth-order valence-electron chi connectivity index (χ4n) is 2.65. The van der Waals surface area contributed by atoms with E-state index in [1.165, 1.54) is 18.2 Å². The minimum atomic E-state index is -1.02. The average Bonchev–Trinajstić information content (AvgIpc) is 2.67. The molecule has 0 radical (unpaired) electrons. The molecule has 0 unspecified atom stereocenters. The van der Waals surface area contributed by atoms with E-state index in [1.54, 1.807) is 13.8 Å². The van der Waals surface area contributed by atoms with Crippen molar-refractivity contribution in [1.29, 1.82) is 0 Å². The van der Waals surface area contributed by atoms with Gasteiger partial charge in [-0.1, -0.05) is 38.1 Å². The van der Waals surface area contributed by atoms with Crippen LogP contribution in [0, 0.1) is 25.6 Å². The molecule has 0 aliphatic carbocycles. The van der Waals surface area contributed by atoms with Gasteiger partial charge in [-0.05, 0) is 49.1 Å². The topological polar surface area (TPSA) is 84.5 Å². The summed E-state index contributed by atoms with van der Waals surface area (Å²) in [5.74, 6) is -2.98. The molecule has 0 saturated heterocycles. The molecule has 1 atom stereocenters. The normalized spacial score (nSPS) is 11.7. The number of halogens is 1. The summed E-state index contributed by atoms with van der Waals surface area (Å²) in [6, 6.07) is 10.1. The highest BCUT2D eigenvalue weighted by molar-refractivity contribution is 5.98. The summed E-state index contributed by atoms with van der Waals surface area (Å²) >= 11 is 0. The van der Waals surface area contributed by atoms with Crippen LogP contribution in [-0.4, -0.2) is 30.4 Å². The highest BCUT2D eigenvalue weighted by Crippen LogP contribution is 2.16. The first-order chi connectivity index (χ1) is 13.7. The molecule has 0 saturated carbocycles. The lowest BCUT2D eigenvalue weighted by Crippen LogP contribution is -2.46. The van der Waals surface area contributed by atoms with Crippen LogP contribution >= 0.6 is 0 Å². The minimum Gasteiger partial charge on any atom is -0.454 e. The third-order valence-corrected chi connectivity index (χ3v) is 4.34. The van der Waals surface area contributed by atoms with Gasteiger partial charge in [-0.25, -0.2) is 9.18 Å². The van der Waals surface area contributed by atoms with Crippen LogP contribution in [0.5, 0.6) is 0 Å². The lowest BCUT2D eigenvalue weighted by molar-refractivity contribution is -0.150. The molecule has 0 fully saturated rings. The molecular formula is C22H25FN2O4. The van der Waals surface area contributed by atoms with E-state index in [-0.39, 0.29) is 11.5 Å². The van der Waals surface area contributed by atoms with Crippen LogP contribution in [0.3, 0.4) is 0 Å². The molecule has 6 nitrogen and oxygen atoms in total. The number of aryl methyl sites for hydroxylation is 2. The van der Waals surface area contributed by atoms with E-state index in [4.69, 9.17) is 4.74 Å². The van der Waals surface area contributed by atoms with Gasteiger partial charge >= 0.3 is 5.97 Å². The number of benzene rings is 2. The van der Waals surface area contributed by atoms with Crippen LogP contribution in [0.1, 0.15) is 35.3 Å². The van der Waals surface area contributed by atoms with Gasteiger partial charge in [0.15, 0.2) is 6.61 Å². The summed E-state index contributed by atoms with van der Waals surface area (Å²) in [6.45, 7) is 6.69. The van der Waals surface area contributed by atoms with E-state index in [1.807, 2.05) is 32.0 Å². The van der Waals surface area contributed by atoms with Crippen molar-refractivity contribution < 1.29 is 23.5 Å². The molecule has 0 heterocycles. The molecule has 0 aromatic heterocycles. The van der Waals surface area contributed by atoms with Gasteiger partial charge in [-0.3, -0.25) is 9.59 Å². The molecule has 2 aromatic rings. The van der Waals surface area contributed by atoms with Gasteiger partial charge in [0.2, 0.25) is 0 Å². The Labute approximate surface area is 169 Å². The average molecular weight is 400 g/mol. The number of ether oxygens (including phenoxy) is 1. The van der Waals surface area contributed by atoms with E-state index in [0.717, 1.165) is 17.2 Å².